The highest BCUT2D eigenvalue weighted by Crippen LogP contribution is 2.29. The molecule has 0 aliphatic heterocycles. The summed E-state index contributed by atoms with van der Waals surface area (Å²) in [6.07, 6.45) is 4.55. The second-order valence-electron chi connectivity index (χ2n) is 3.57. The van der Waals surface area contributed by atoms with Crippen LogP contribution in [0.15, 0.2) is 23.8 Å². The molecule has 0 aromatic carbocycles. The number of nitrogens with zero attached hydrogens (tertiary/aromatic N) is 2. The average molecular weight is 233 g/mol. The highest BCUT2D eigenvalue weighted by molar-refractivity contribution is 7.10. The summed E-state index contributed by atoms with van der Waals surface area (Å²) in [7, 11) is 0. The van der Waals surface area contributed by atoms with Crippen LogP contribution in [0.3, 0.4) is 0 Å². The molecule has 0 saturated heterocycles. The fraction of sp³-hybridized carbons (Fsp3) is 0.333. The Morgan fingerprint density at radius 1 is 1.31 bits per heavy atom. The van der Waals surface area contributed by atoms with Crippen molar-refractivity contribution in [3.8, 4) is 11.3 Å². The molecule has 0 amide bonds. The Morgan fingerprint density at radius 3 is 2.81 bits per heavy atom. The van der Waals surface area contributed by atoms with E-state index >= 15 is 0 Å². The zero-order valence-corrected chi connectivity index (χ0v) is 10.3. The molecular weight excluding hydrogens is 218 g/mol. The molecule has 0 saturated carbocycles. The standard InChI is InChI=1S/C12H15N3S/c1-3-5-14-12-11(13-6-7-15-12)10-4-8-16-9(10)2/h4,6-8H,3,5H2,1-2H3,(H,14,15). The Kier molecular flexibility index (Phi) is 3.51. The molecule has 1 N–H and O–H groups in total. The summed E-state index contributed by atoms with van der Waals surface area (Å²) in [5, 5.41) is 5.40. The van der Waals surface area contributed by atoms with Gasteiger partial charge in [-0.15, -0.1) is 11.3 Å². The fourth-order valence-corrected chi connectivity index (χ4v) is 2.24. The van der Waals surface area contributed by atoms with Crippen molar-refractivity contribution in [2.24, 2.45) is 0 Å². The molecule has 84 valence electrons. The van der Waals surface area contributed by atoms with Gasteiger partial charge in [-0.2, -0.15) is 0 Å². The van der Waals surface area contributed by atoms with E-state index in [0.717, 1.165) is 24.5 Å². The van der Waals surface area contributed by atoms with Gasteiger partial charge in [0.05, 0.1) is 0 Å². The van der Waals surface area contributed by atoms with Gasteiger partial charge in [0.1, 0.15) is 5.69 Å². The van der Waals surface area contributed by atoms with E-state index in [1.54, 1.807) is 23.7 Å². The lowest BCUT2D eigenvalue weighted by Gasteiger charge is -2.08. The van der Waals surface area contributed by atoms with E-state index in [2.05, 4.69) is 40.6 Å². The van der Waals surface area contributed by atoms with Gasteiger partial charge in [-0.3, -0.25) is 4.98 Å². The summed E-state index contributed by atoms with van der Waals surface area (Å²) in [6, 6.07) is 2.10. The van der Waals surface area contributed by atoms with Crippen LogP contribution in [0.1, 0.15) is 18.2 Å². The number of aryl methyl sites for hydroxylation is 1. The zero-order chi connectivity index (χ0) is 11.4. The topological polar surface area (TPSA) is 37.8 Å². The average Bonchev–Trinajstić information content (AvgIpc) is 2.73. The Hall–Kier alpha value is -1.42. The van der Waals surface area contributed by atoms with Gasteiger partial charge in [-0.05, 0) is 24.8 Å². The van der Waals surface area contributed by atoms with Crippen LogP contribution in [-0.4, -0.2) is 16.5 Å². The van der Waals surface area contributed by atoms with Crippen LogP contribution in [0.25, 0.3) is 11.3 Å². The van der Waals surface area contributed by atoms with E-state index in [9.17, 15) is 0 Å². The fourth-order valence-electron chi connectivity index (χ4n) is 1.54. The lowest BCUT2D eigenvalue weighted by atomic mass is 10.2. The summed E-state index contributed by atoms with van der Waals surface area (Å²) < 4.78 is 0. The maximum Gasteiger partial charge on any atom is 0.152 e. The van der Waals surface area contributed by atoms with Crippen molar-refractivity contribution in [2.75, 3.05) is 11.9 Å². The van der Waals surface area contributed by atoms with Crippen LogP contribution in [-0.2, 0) is 0 Å². The minimum Gasteiger partial charge on any atom is -0.368 e. The Labute approximate surface area is 99.6 Å². The Bertz CT molecular complexity index is 465. The Morgan fingerprint density at radius 2 is 2.12 bits per heavy atom. The van der Waals surface area contributed by atoms with Crippen LogP contribution < -0.4 is 5.32 Å². The van der Waals surface area contributed by atoms with Crippen molar-refractivity contribution in [2.45, 2.75) is 20.3 Å². The normalized spacial score (nSPS) is 10.4. The third-order valence-corrected chi connectivity index (χ3v) is 3.20. The first-order valence-electron chi connectivity index (χ1n) is 5.42. The van der Waals surface area contributed by atoms with Gasteiger partial charge in [0, 0.05) is 29.4 Å². The van der Waals surface area contributed by atoms with Crippen molar-refractivity contribution in [3.05, 3.63) is 28.7 Å². The maximum absolute atomic E-state index is 4.42. The lowest BCUT2D eigenvalue weighted by molar-refractivity contribution is 0.966. The molecule has 2 aromatic rings. The number of hydrogen-bond donors (Lipinski definition) is 1. The van der Waals surface area contributed by atoms with Gasteiger partial charge < -0.3 is 5.32 Å². The smallest absolute Gasteiger partial charge is 0.152 e. The largest absolute Gasteiger partial charge is 0.368 e. The molecule has 4 heteroatoms. The van der Waals surface area contributed by atoms with E-state index in [-0.39, 0.29) is 0 Å². The number of nitrogens with one attached hydrogen (secondary N) is 1. The molecule has 0 atom stereocenters. The maximum atomic E-state index is 4.42. The molecule has 0 aliphatic rings. The highest BCUT2D eigenvalue weighted by Gasteiger charge is 2.10. The third kappa shape index (κ3) is 2.22. The van der Waals surface area contributed by atoms with Crippen molar-refractivity contribution < 1.29 is 0 Å². The molecular formula is C12H15N3S. The lowest BCUT2D eigenvalue weighted by Crippen LogP contribution is -2.04. The molecule has 0 radical (unpaired) electrons. The van der Waals surface area contributed by atoms with Crippen LogP contribution in [0, 0.1) is 6.92 Å². The Balaban J connectivity index is 2.37. The summed E-state index contributed by atoms with van der Waals surface area (Å²) >= 11 is 1.74. The number of rotatable bonds is 4. The molecule has 3 nitrogen and oxygen atoms in total. The van der Waals surface area contributed by atoms with Crippen LogP contribution in [0.2, 0.25) is 0 Å². The zero-order valence-electron chi connectivity index (χ0n) is 9.53. The predicted octanol–water partition coefficient (Wildman–Crippen LogP) is 3.34. The highest BCUT2D eigenvalue weighted by atomic mass is 32.1. The quantitative estimate of drug-likeness (QED) is 0.880. The number of thiophene rings is 1. The van der Waals surface area contributed by atoms with Crippen LogP contribution in [0.5, 0.6) is 0 Å². The van der Waals surface area contributed by atoms with E-state index in [1.165, 1.54) is 10.4 Å². The molecule has 2 aromatic heterocycles. The number of hydrogen-bond acceptors (Lipinski definition) is 4. The van der Waals surface area contributed by atoms with Crippen molar-refractivity contribution in [1.82, 2.24) is 9.97 Å². The molecule has 0 aliphatic carbocycles. The minimum absolute atomic E-state index is 0.880. The SMILES string of the molecule is CCCNc1nccnc1-c1ccsc1C. The molecule has 2 rings (SSSR count). The van der Waals surface area contributed by atoms with Crippen molar-refractivity contribution in [1.29, 1.82) is 0 Å². The second kappa shape index (κ2) is 5.07. The van der Waals surface area contributed by atoms with Crippen molar-refractivity contribution >= 4 is 17.2 Å². The first kappa shape index (κ1) is 11.1. The molecule has 0 fully saturated rings. The second-order valence-corrected chi connectivity index (χ2v) is 4.69. The minimum atomic E-state index is 0.880. The van der Waals surface area contributed by atoms with Gasteiger partial charge in [0.15, 0.2) is 5.82 Å². The van der Waals surface area contributed by atoms with Gasteiger partial charge >= 0.3 is 0 Å². The monoisotopic (exact) mass is 233 g/mol. The third-order valence-electron chi connectivity index (χ3n) is 2.35. The summed E-state index contributed by atoms with van der Waals surface area (Å²) in [6.45, 7) is 5.17. The number of aromatic nitrogens is 2. The molecule has 0 bridgehead atoms. The van der Waals surface area contributed by atoms with E-state index in [0.29, 0.717) is 0 Å². The van der Waals surface area contributed by atoms with E-state index < -0.39 is 0 Å². The summed E-state index contributed by atoms with van der Waals surface area (Å²) in [4.78, 5) is 10.0. The summed E-state index contributed by atoms with van der Waals surface area (Å²) in [5.74, 6) is 0.880. The van der Waals surface area contributed by atoms with E-state index in [4.69, 9.17) is 0 Å². The molecule has 16 heavy (non-hydrogen) atoms. The predicted molar refractivity (Wildman–Crippen MR) is 68.9 cm³/mol. The molecule has 2 heterocycles. The number of anilines is 1. The first-order chi connectivity index (χ1) is 7.83. The first-order valence-corrected chi connectivity index (χ1v) is 6.30. The van der Waals surface area contributed by atoms with E-state index in [1.807, 2.05) is 0 Å². The molecule has 0 spiro atoms. The summed E-state index contributed by atoms with van der Waals surface area (Å²) in [5.41, 5.74) is 2.13. The van der Waals surface area contributed by atoms with Crippen LogP contribution >= 0.6 is 11.3 Å². The van der Waals surface area contributed by atoms with Gasteiger partial charge in [-0.1, -0.05) is 6.92 Å². The molecule has 0 unspecified atom stereocenters. The van der Waals surface area contributed by atoms with Gasteiger partial charge in [0.25, 0.3) is 0 Å². The van der Waals surface area contributed by atoms with Gasteiger partial charge in [0.2, 0.25) is 0 Å². The van der Waals surface area contributed by atoms with Crippen molar-refractivity contribution in [3.63, 3.8) is 0 Å². The van der Waals surface area contributed by atoms with Gasteiger partial charge in [-0.25, -0.2) is 4.98 Å². The van der Waals surface area contributed by atoms with Crippen LogP contribution in [0.4, 0.5) is 5.82 Å².